The maximum absolute atomic E-state index is 13.2. The summed E-state index contributed by atoms with van der Waals surface area (Å²) in [6.45, 7) is 2.29. The van der Waals surface area contributed by atoms with Crippen LogP contribution in [0.25, 0.3) is 0 Å². The fourth-order valence-corrected chi connectivity index (χ4v) is 2.45. The lowest BCUT2D eigenvalue weighted by atomic mass is 10.0. The van der Waals surface area contributed by atoms with Crippen LogP contribution in [0.2, 0.25) is 0 Å². The van der Waals surface area contributed by atoms with Crippen molar-refractivity contribution in [1.82, 2.24) is 15.2 Å². The summed E-state index contributed by atoms with van der Waals surface area (Å²) in [5, 5.41) is 3.00. The summed E-state index contributed by atoms with van der Waals surface area (Å²) in [6.07, 6.45) is 4.86. The van der Waals surface area contributed by atoms with E-state index in [9.17, 15) is 4.39 Å². The second-order valence-electron chi connectivity index (χ2n) is 5.09. The van der Waals surface area contributed by atoms with Crippen LogP contribution in [0.15, 0.2) is 12.3 Å². The van der Waals surface area contributed by atoms with Crippen molar-refractivity contribution in [2.45, 2.75) is 31.8 Å². The van der Waals surface area contributed by atoms with Gasteiger partial charge in [-0.15, -0.1) is 0 Å². The number of hydrogen-bond donors (Lipinski definition) is 1. The van der Waals surface area contributed by atoms with Gasteiger partial charge in [-0.1, -0.05) is 6.42 Å². The Labute approximate surface area is 114 Å². The molecule has 0 spiro atoms. The predicted octanol–water partition coefficient (Wildman–Crippen LogP) is 1.80. The second-order valence-corrected chi connectivity index (χ2v) is 5.09. The number of halogens is 1. The molecule has 0 aliphatic carbocycles. The van der Waals surface area contributed by atoms with Gasteiger partial charge in [-0.3, -0.25) is 0 Å². The van der Waals surface area contributed by atoms with Gasteiger partial charge in [-0.2, -0.15) is 0 Å². The molecule has 4 nitrogen and oxygen atoms in total. The average Bonchev–Trinajstić information content (AvgIpc) is 2.40. The Balaban J connectivity index is 1.98. The van der Waals surface area contributed by atoms with Gasteiger partial charge in [-0.25, -0.2) is 9.37 Å². The molecule has 0 saturated carbocycles. The van der Waals surface area contributed by atoms with Crippen LogP contribution in [-0.4, -0.2) is 43.2 Å². The SMILES string of the molecule is CNCc1cc(F)cnc1OCC1CCCCN1C. The first-order valence-corrected chi connectivity index (χ1v) is 6.82. The molecule has 1 saturated heterocycles. The second kappa shape index (κ2) is 6.82. The molecule has 2 heterocycles. The van der Waals surface area contributed by atoms with Crippen LogP contribution in [0.5, 0.6) is 5.88 Å². The number of rotatable bonds is 5. The van der Waals surface area contributed by atoms with Crippen molar-refractivity contribution >= 4 is 0 Å². The highest BCUT2D eigenvalue weighted by Crippen LogP contribution is 2.19. The van der Waals surface area contributed by atoms with Gasteiger partial charge in [-0.05, 0) is 39.5 Å². The summed E-state index contributed by atoms with van der Waals surface area (Å²) >= 11 is 0. The Morgan fingerprint density at radius 3 is 3.11 bits per heavy atom. The van der Waals surface area contributed by atoms with Gasteiger partial charge in [0.15, 0.2) is 0 Å². The number of likely N-dealkylation sites (tertiary alicyclic amines) is 1. The summed E-state index contributed by atoms with van der Waals surface area (Å²) in [6, 6.07) is 1.91. The first kappa shape index (κ1) is 14.2. The lowest BCUT2D eigenvalue weighted by Gasteiger charge is -2.32. The minimum atomic E-state index is -0.326. The Morgan fingerprint density at radius 2 is 2.37 bits per heavy atom. The molecule has 1 aliphatic rings. The third-order valence-electron chi connectivity index (χ3n) is 3.59. The maximum Gasteiger partial charge on any atom is 0.218 e. The molecule has 1 atom stereocenters. The van der Waals surface area contributed by atoms with Crippen molar-refractivity contribution in [1.29, 1.82) is 0 Å². The highest BCUT2D eigenvalue weighted by Gasteiger charge is 2.20. The van der Waals surface area contributed by atoms with Crippen molar-refractivity contribution in [2.24, 2.45) is 0 Å². The third kappa shape index (κ3) is 3.88. The van der Waals surface area contributed by atoms with Gasteiger partial charge in [0, 0.05) is 18.2 Å². The molecule has 106 valence electrons. The van der Waals surface area contributed by atoms with Gasteiger partial charge < -0.3 is 15.0 Å². The minimum absolute atomic E-state index is 0.326. The van der Waals surface area contributed by atoms with Crippen molar-refractivity contribution < 1.29 is 9.13 Å². The Hall–Kier alpha value is -1.20. The highest BCUT2D eigenvalue weighted by molar-refractivity contribution is 5.26. The maximum atomic E-state index is 13.2. The predicted molar refractivity (Wildman–Crippen MR) is 72.7 cm³/mol. The number of nitrogens with one attached hydrogen (secondary N) is 1. The van der Waals surface area contributed by atoms with Gasteiger partial charge >= 0.3 is 0 Å². The molecule has 0 radical (unpaired) electrons. The van der Waals surface area contributed by atoms with Gasteiger partial charge in [0.2, 0.25) is 5.88 Å². The van der Waals surface area contributed by atoms with Crippen LogP contribution in [0.3, 0.4) is 0 Å². The van der Waals surface area contributed by atoms with E-state index in [1.165, 1.54) is 25.1 Å². The monoisotopic (exact) mass is 267 g/mol. The Morgan fingerprint density at radius 1 is 1.53 bits per heavy atom. The van der Waals surface area contributed by atoms with Crippen LogP contribution < -0.4 is 10.1 Å². The smallest absolute Gasteiger partial charge is 0.218 e. The standard InChI is InChI=1S/C14H22FN3O/c1-16-8-11-7-12(15)9-17-14(11)19-10-13-5-3-4-6-18(13)2/h7,9,13,16H,3-6,8,10H2,1-2H3. The van der Waals surface area contributed by atoms with Crippen molar-refractivity contribution in [3.05, 3.63) is 23.6 Å². The number of nitrogens with zero attached hydrogens (tertiary/aromatic N) is 2. The van der Waals surface area contributed by atoms with Crippen molar-refractivity contribution in [2.75, 3.05) is 27.2 Å². The molecular weight excluding hydrogens is 245 g/mol. The summed E-state index contributed by atoms with van der Waals surface area (Å²) in [5.41, 5.74) is 0.765. The molecule has 1 aliphatic heterocycles. The lowest BCUT2D eigenvalue weighted by Crippen LogP contribution is -2.40. The summed E-state index contributed by atoms with van der Waals surface area (Å²) in [5.74, 6) is 0.210. The molecule has 2 rings (SSSR count). The quantitative estimate of drug-likeness (QED) is 0.883. The number of ether oxygens (including phenoxy) is 1. The molecular formula is C14H22FN3O. The molecule has 5 heteroatoms. The van der Waals surface area contributed by atoms with E-state index >= 15 is 0 Å². The Bertz CT molecular complexity index is 414. The first-order chi connectivity index (χ1) is 9.20. The molecule has 0 amide bonds. The topological polar surface area (TPSA) is 37.4 Å². The fraction of sp³-hybridized carbons (Fsp3) is 0.643. The fourth-order valence-electron chi connectivity index (χ4n) is 2.45. The highest BCUT2D eigenvalue weighted by atomic mass is 19.1. The third-order valence-corrected chi connectivity index (χ3v) is 3.59. The van der Waals surface area contributed by atoms with Gasteiger partial charge in [0.1, 0.15) is 12.4 Å². The van der Waals surface area contributed by atoms with E-state index in [-0.39, 0.29) is 5.82 Å². The Kier molecular flexibility index (Phi) is 5.10. The first-order valence-electron chi connectivity index (χ1n) is 6.82. The van der Waals surface area contributed by atoms with E-state index in [2.05, 4.69) is 22.2 Å². The number of piperidine rings is 1. The van der Waals surface area contributed by atoms with Gasteiger partial charge in [0.05, 0.1) is 6.20 Å². The minimum Gasteiger partial charge on any atom is -0.476 e. The van der Waals surface area contributed by atoms with E-state index in [0.29, 0.717) is 25.1 Å². The summed E-state index contributed by atoms with van der Waals surface area (Å²) < 4.78 is 19.0. The molecule has 0 aromatic carbocycles. The van der Waals surface area contributed by atoms with Crippen LogP contribution in [-0.2, 0) is 6.54 Å². The van der Waals surface area contributed by atoms with Crippen molar-refractivity contribution in [3.8, 4) is 5.88 Å². The molecule has 0 bridgehead atoms. The van der Waals surface area contributed by atoms with Crippen LogP contribution in [0, 0.1) is 5.82 Å². The molecule has 1 unspecified atom stereocenters. The van der Waals surface area contributed by atoms with E-state index in [0.717, 1.165) is 18.5 Å². The molecule has 1 aromatic rings. The summed E-state index contributed by atoms with van der Waals surface area (Å²) in [4.78, 5) is 6.37. The molecule has 1 aromatic heterocycles. The van der Waals surface area contributed by atoms with Gasteiger partial charge in [0.25, 0.3) is 0 Å². The zero-order valence-electron chi connectivity index (χ0n) is 11.7. The number of pyridine rings is 1. The molecule has 19 heavy (non-hydrogen) atoms. The van der Waals surface area contributed by atoms with Crippen LogP contribution in [0.1, 0.15) is 24.8 Å². The normalized spacial score (nSPS) is 20.5. The van der Waals surface area contributed by atoms with E-state index in [1.54, 1.807) is 0 Å². The van der Waals surface area contributed by atoms with E-state index in [4.69, 9.17) is 4.74 Å². The van der Waals surface area contributed by atoms with Crippen LogP contribution in [0.4, 0.5) is 4.39 Å². The summed E-state index contributed by atoms with van der Waals surface area (Å²) in [7, 11) is 3.95. The zero-order valence-corrected chi connectivity index (χ0v) is 11.7. The van der Waals surface area contributed by atoms with Crippen molar-refractivity contribution in [3.63, 3.8) is 0 Å². The zero-order chi connectivity index (χ0) is 13.7. The number of hydrogen-bond acceptors (Lipinski definition) is 4. The lowest BCUT2D eigenvalue weighted by molar-refractivity contribution is 0.122. The average molecular weight is 267 g/mol. The number of likely N-dealkylation sites (N-methyl/N-ethyl adjacent to an activating group) is 1. The number of aromatic nitrogens is 1. The molecule has 1 fully saturated rings. The molecule has 1 N–H and O–H groups in total. The van der Waals surface area contributed by atoms with E-state index < -0.39 is 0 Å². The largest absolute Gasteiger partial charge is 0.476 e. The van der Waals surface area contributed by atoms with E-state index in [1.807, 2.05) is 7.05 Å². The van der Waals surface area contributed by atoms with Crippen LogP contribution >= 0.6 is 0 Å².